The van der Waals surface area contributed by atoms with Crippen LogP contribution in [0.1, 0.15) is 42.1 Å². The molecule has 6 heteroatoms. The predicted octanol–water partition coefficient (Wildman–Crippen LogP) is 3.97. The van der Waals surface area contributed by atoms with E-state index in [1.54, 1.807) is 6.07 Å². The van der Waals surface area contributed by atoms with Crippen molar-refractivity contribution in [1.29, 1.82) is 0 Å². The molecule has 25 heavy (non-hydrogen) atoms. The number of nitrogens with one attached hydrogen (secondary N) is 1. The number of carbonyl (C=O) groups is 2. The van der Waals surface area contributed by atoms with Crippen molar-refractivity contribution in [3.05, 3.63) is 58.6 Å². The molecule has 0 aliphatic heterocycles. The van der Waals surface area contributed by atoms with E-state index in [0.29, 0.717) is 16.6 Å². The van der Waals surface area contributed by atoms with Gasteiger partial charge in [-0.3, -0.25) is 9.59 Å². The quantitative estimate of drug-likeness (QED) is 0.783. The third kappa shape index (κ3) is 5.22. The maximum absolute atomic E-state index is 12.0. The van der Waals surface area contributed by atoms with E-state index >= 15 is 0 Å². The van der Waals surface area contributed by atoms with Gasteiger partial charge in [0.1, 0.15) is 5.75 Å². The third-order valence-corrected chi connectivity index (χ3v) is 4.18. The molecule has 3 N–H and O–H groups in total. The number of anilines is 1. The zero-order valence-electron chi connectivity index (χ0n) is 14.2. The molecule has 0 saturated carbocycles. The van der Waals surface area contributed by atoms with Crippen molar-refractivity contribution in [3.8, 4) is 5.75 Å². The Morgan fingerprint density at radius 2 is 1.88 bits per heavy atom. The molecule has 0 fully saturated rings. The van der Waals surface area contributed by atoms with Crippen LogP contribution in [0.2, 0.25) is 5.02 Å². The molecule has 0 saturated heterocycles. The maximum atomic E-state index is 12.0. The van der Waals surface area contributed by atoms with Crippen LogP contribution in [0.4, 0.5) is 5.69 Å². The van der Waals surface area contributed by atoms with Gasteiger partial charge in [-0.25, -0.2) is 0 Å². The summed E-state index contributed by atoms with van der Waals surface area (Å²) in [6, 6.07) is 12.2. The van der Waals surface area contributed by atoms with Crippen molar-refractivity contribution in [1.82, 2.24) is 0 Å². The lowest BCUT2D eigenvalue weighted by Gasteiger charge is -2.12. The van der Waals surface area contributed by atoms with E-state index in [9.17, 15) is 9.59 Å². The summed E-state index contributed by atoms with van der Waals surface area (Å²) >= 11 is 5.83. The van der Waals surface area contributed by atoms with Crippen LogP contribution in [0, 0.1) is 0 Å². The number of benzene rings is 2. The van der Waals surface area contributed by atoms with Crippen molar-refractivity contribution in [2.75, 3.05) is 11.9 Å². The summed E-state index contributed by atoms with van der Waals surface area (Å²) in [7, 11) is 0. The molecule has 0 aliphatic rings. The van der Waals surface area contributed by atoms with Crippen LogP contribution >= 0.6 is 11.6 Å². The number of carbonyl (C=O) groups excluding carboxylic acids is 2. The second-order valence-corrected chi connectivity index (χ2v) is 6.21. The second kappa shape index (κ2) is 8.53. The van der Waals surface area contributed by atoms with Crippen molar-refractivity contribution in [2.45, 2.75) is 26.2 Å². The Bertz CT molecular complexity index is 760. The zero-order chi connectivity index (χ0) is 18.4. The molecule has 0 aromatic heterocycles. The molecule has 0 bridgehead atoms. The van der Waals surface area contributed by atoms with E-state index in [2.05, 4.69) is 19.2 Å². The topological polar surface area (TPSA) is 81.4 Å². The van der Waals surface area contributed by atoms with Gasteiger partial charge in [0.05, 0.1) is 5.56 Å². The minimum atomic E-state index is -0.668. The summed E-state index contributed by atoms with van der Waals surface area (Å²) in [5.41, 5.74) is 7.34. The standard InChI is InChI=1S/C19H21ClN2O3/c1-3-12(2)13-4-7-15(8-5-13)22-18(23)11-25-17-9-6-14(20)10-16(17)19(21)24/h4-10,12H,3,11H2,1-2H3,(H2,21,24)(H,22,23)/t12-/m0/s1. The molecule has 0 heterocycles. The number of amides is 2. The van der Waals surface area contributed by atoms with E-state index in [4.69, 9.17) is 22.1 Å². The van der Waals surface area contributed by atoms with Crippen LogP contribution < -0.4 is 15.8 Å². The van der Waals surface area contributed by atoms with Crippen molar-refractivity contribution >= 4 is 29.1 Å². The second-order valence-electron chi connectivity index (χ2n) is 5.77. The Morgan fingerprint density at radius 1 is 1.20 bits per heavy atom. The maximum Gasteiger partial charge on any atom is 0.262 e. The van der Waals surface area contributed by atoms with Gasteiger partial charge in [-0.05, 0) is 48.2 Å². The predicted molar refractivity (Wildman–Crippen MR) is 99.2 cm³/mol. The van der Waals surface area contributed by atoms with E-state index in [1.807, 2.05) is 24.3 Å². The Hall–Kier alpha value is -2.53. The fourth-order valence-corrected chi connectivity index (χ4v) is 2.46. The molecule has 0 spiro atoms. The van der Waals surface area contributed by atoms with Gasteiger partial charge in [0.25, 0.3) is 11.8 Å². The van der Waals surface area contributed by atoms with Crippen molar-refractivity contribution in [2.24, 2.45) is 5.73 Å². The van der Waals surface area contributed by atoms with E-state index in [-0.39, 0.29) is 23.8 Å². The van der Waals surface area contributed by atoms with Crippen molar-refractivity contribution < 1.29 is 14.3 Å². The molecular formula is C19H21ClN2O3. The fraction of sp³-hybridized carbons (Fsp3) is 0.263. The molecule has 2 rings (SSSR count). The van der Waals surface area contributed by atoms with Gasteiger partial charge in [0.15, 0.2) is 6.61 Å². The van der Waals surface area contributed by atoms with Crippen LogP contribution in [-0.4, -0.2) is 18.4 Å². The Morgan fingerprint density at radius 3 is 2.48 bits per heavy atom. The third-order valence-electron chi connectivity index (χ3n) is 3.94. The van der Waals surface area contributed by atoms with Crippen LogP contribution in [0.5, 0.6) is 5.75 Å². The highest BCUT2D eigenvalue weighted by molar-refractivity contribution is 6.31. The highest BCUT2D eigenvalue weighted by Gasteiger charge is 2.12. The number of hydrogen-bond acceptors (Lipinski definition) is 3. The number of nitrogens with two attached hydrogens (primary N) is 1. The molecule has 2 amide bonds. The van der Waals surface area contributed by atoms with Gasteiger partial charge in [0, 0.05) is 10.7 Å². The summed E-state index contributed by atoms with van der Waals surface area (Å²) in [6.45, 7) is 4.05. The Balaban J connectivity index is 1.96. The average molecular weight is 361 g/mol. The van der Waals surface area contributed by atoms with Crippen LogP contribution in [-0.2, 0) is 4.79 Å². The SMILES string of the molecule is CC[C@H](C)c1ccc(NC(=O)COc2ccc(Cl)cc2C(N)=O)cc1. The molecule has 5 nitrogen and oxygen atoms in total. The lowest BCUT2D eigenvalue weighted by atomic mass is 9.99. The molecule has 0 aliphatic carbocycles. The first-order valence-corrected chi connectivity index (χ1v) is 8.40. The lowest BCUT2D eigenvalue weighted by Crippen LogP contribution is -2.21. The number of primary amides is 1. The normalized spacial score (nSPS) is 11.6. The van der Waals surface area contributed by atoms with Gasteiger partial charge < -0.3 is 15.8 Å². The van der Waals surface area contributed by atoms with E-state index in [0.717, 1.165) is 6.42 Å². The molecule has 132 valence electrons. The molecule has 2 aromatic carbocycles. The number of ether oxygens (including phenoxy) is 1. The van der Waals surface area contributed by atoms with Gasteiger partial charge >= 0.3 is 0 Å². The Labute approximate surface area is 152 Å². The highest BCUT2D eigenvalue weighted by Crippen LogP contribution is 2.23. The van der Waals surface area contributed by atoms with Gasteiger partial charge in [0.2, 0.25) is 0 Å². The van der Waals surface area contributed by atoms with Crippen LogP contribution in [0.15, 0.2) is 42.5 Å². The molecule has 1 atom stereocenters. The number of hydrogen-bond donors (Lipinski definition) is 2. The summed E-state index contributed by atoms with van der Waals surface area (Å²) in [5, 5.41) is 3.12. The van der Waals surface area contributed by atoms with Crippen LogP contribution in [0.3, 0.4) is 0 Å². The average Bonchev–Trinajstić information content (AvgIpc) is 2.60. The monoisotopic (exact) mass is 360 g/mol. The first kappa shape index (κ1) is 18.8. The highest BCUT2D eigenvalue weighted by atomic mass is 35.5. The summed E-state index contributed by atoms with van der Waals surface area (Å²) in [5.74, 6) is -0.301. The molecule has 0 unspecified atom stereocenters. The van der Waals surface area contributed by atoms with Gasteiger partial charge in [-0.1, -0.05) is 37.6 Å². The smallest absolute Gasteiger partial charge is 0.262 e. The van der Waals surface area contributed by atoms with Gasteiger partial charge in [-0.2, -0.15) is 0 Å². The van der Waals surface area contributed by atoms with Crippen molar-refractivity contribution in [3.63, 3.8) is 0 Å². The summed E-state index contributed by atoms with van der Waals surface area (Å²) in [6.07, 6.45) is 1.06. The first-order chi connectivity index (χ1) is 11.9. The number of halogens is 1. The lowest BCUT2D eigenvalue weighted by molar-refractivity contribution is -0.118. The zero-order valence-corrected chi connectivity index (χ0v) is 15.0. The first-order valence-electron chi connectivity index (χ1n) is 8.02. The van der Waals surface area contributed by atoms with E-state index in [1.165, 1.54) is 17.7 Å². The molecule has 0 radical (unpaired) electrons. The molecule has 2 aromatic rings. The molecular weight excluding hydrogens is 340 g/mol. The fourth-order valence-electron chi connectivity index (χ4n) is 2.29. The largest absolute Gasteiger partial charge is 0.483 e. The summed E-state index contributed by atoms with van der Waals surface area (Å²) < 4.78 is 5.40. The Kier molecular flexibility index (Phi) is 6.42. The van der Waals surface area contributed by atoms with E-state index < -0.39 is 5.91 Å². The minimum Gasteiger partial charge on any atom is -0.483 e. The minimum absolute atomic E-state index is 0.137. The summed E-state index contributed by atoms with van der Waals surface area (Å²) in [4.78, 5) is 23.4. The number of rotatable bonds is 7. The van der Waals surface area contributed by atoms with Gasteiger partial charge in [-0.15, -0.1) is 0 Å². The van der Waals surface area contributed by atoms with Crippen LogP contribution in [0.25, 0.3) is 0 Å².